The lowest BCUT2D eigenvalue weighted by Gasteiger charge is -2.00. The molecule has 0 unspecified atom stereocenters. The van der Waals surface area contributed by atoms with Crippen LogP contribution in [0.15, 0.2) is 30.7 Å². The fourth-order valence-corrected chi connectivity index (χ4v) is 2.01. The molecule has 3 aromatic rings. The first-order valence-corrected chi connectivity index (χ1v) is 6.32. The van der Waals surface area contributed by atoms with E-state index in [0.717, 1.165) is 16.7 Å². The second-order valence-corrected chi connectivity index (χ2v) is 4.46. The highest BCUT2D eigenvalue weighted by atomic mass is 16.5. The summed E-state index contributed by atoms with van der Waals surface area (Å²) in [6.45, 7) is 2.14. The third-order valence-electron chi connectivity index (χ3n) is 2.94. The molecular formula is C14H14N4O2. The largest absolute Gasteiger partial charge is 0.462 e. The van der Waals surface area contributed by atoms with Crippen LogP contribution in [0.5, 0.6) is 0 Å². The van der Waals surface area contributed by atoms with Crippen LogP contribution in [0.2, 0.25) is 0 Å². The van der Waals surface area contributed by atoms with Gasteiger partial charge in [0.1, 0.15) is 5.69 Å². The molecule has 1 N–H and O–H groups in total. The number of aromatic amines is 1. The van der Waals surface area contributed by atoms with Crippen LogP contribution in [0.25, 0.3) is 22.6 Å². The van der Waals surface area contributed by atoms with Crippen molar-refractivity contribution in [3.8, 4) is 11.5 Å². The summed E-state index contributed by atoms with van der Waals surface area (Å²) in [7, 11) is 1.90. The molecule has 6 heteroatoms. The van der Waals surface area contributed by atoms with Crippen molar-refractivity contribution in [1.29, 1.82) is 0 Å². The lowest BCUT2D eigenvalue weighted by Crippen LogP contribution is -2.04. The molecule has 20 heavy (non-hydrogen) atoms. The normalized spacial score (nSPS) is 10.9. The van der Waals surface area contributed by atoms with E-state index in [1.54, 1.807) is 31.5 Å². The summed E-state index contributed by atoms with van der Waals surface area (Å²) in [5.41, 5.74) is 2.85. The van der Waals surface area contributed by atoms with Gasteiger partial charge in [0.05, 0.1) is 29.5 Å². The quantitative estimate of drug-likeness (QED) is 0.740. The van der Waals surface area contributed by atoms with Gasteiger partial charge in [0.15, 0.2) is 5.82 Å². The number of carbonyl (C=O) groups is 1. The smallest absolute Gasteiger partial charge is 0.338 e. The molecule has 0 saturated carbocycles. The van der Waals surface area contributed by atoms with Crippen LogP contribution in [0.1, 0.15) is 17.3 Å². The number of nitrogens with zero attached hydrogens (tertiary/aromatic N) is 3. The van der Waals surface area contributed by atoms with Crippen LogP contribution in [0, 0.1) is 0 Å². The first-order chi connectivity index (χ1) is 9.67. The number of fused-ring (bicyclic) bond motifs is 1. The second-order valence-electron chi connectivity index (χ2n) is 4.46. The van der Waals surface area contributed by atoms with Crippen molar-refractivity contribution < 1.29 is 9.53 Å². The maximum Gasteiger partial charge on any atom is 0.338 e. The van der Waals surface area contributed by atoms with Crippen LogP contribution in [-0.4, -0.2) is 32.1 Å². The van der Waals surface area contributed by atoms with Crippen LogP contribution in [0.3, 0.4) is 0 Å². The van der Waals surface area contributed by atoms with Crippen molar-refractivity contribution in [2.45, 2.75) is 6.92 Å². The van der Waals surface area contributed by atoms with Gasteiger partial charge in [-0.25, -0.2) is 14.8 Å². The number of rotatable bonds is 3. The molecule has 2 aromatic heterocycles. The van der Waals surface area contributed by atoms with E-state index < -0.39 is 0 Å². The average Bonchev–Trinajstić information content (AvgIpc) is 3.03. The number of esters is 1. The topological polar surface area (TPSA) is 72.8 Å². The number of nitrogens with one attached hydrogen (secondary N) is 1. The average molecular weight is 270 g/mol. The molecule has 0 aliphatic rings. The summed E-state index contributed by atoms with van der Waals surface area (Å²) in [5.74, 6) is 0.352. The highest BCUT2D eigenvalue weighted by Gasteiger charge is 2.11. The first-order valence-electron chi connectivity index (χ1n) is 6.32. The Kier molecular flexibility index (Phi) is 2.98. The standard InChI is InChI=1S/C14H14N4O2/c1-3-20-14(19)9-4-5-10-11(6-9)17-13(16-10)12-7-18(2)8-15-12/h4-8H,3H2,1-2H3,(H,16,17). The van der Waals surface area contributed by atoms with Crippen LogP contribution < -0.4 is 0 Å². The number of ether oxygens (including phenoxy) is 1. The Bertz CT molecular complexity index is 772. The Morgan fingerprint density at radius 2 is 2.30 bits per heavy atom. The minimum atomic E-state index is -0.330. The number of carbonyl (C=O) groups excluding carboxylic acids is 1. The third-order valence-corrected chi connectivity index (χ3v) is 2.94. The monoisotopic (exact) mass is 270 g/mol. The highest BCUT2D eigenvalue weighted by molar-refractivity contribution is 5.94. The second kappa shape index (κ2) is 4.80. The molecule has 0 amide bonds. The summed E-state index contributed by atoms with van der Waals surface area (Å²) in [6, 6.07) is 5.25. The fourth-order valence-electron chi connectivity index (χ4n) is 2.01. The lowest BCUT2D eigenvalue weighted by molar-refractivity contribution is 0.0526. The van der Waals surface area contributed by atoms with Gasteiger partial charge in [-0.1, -0.05) is 0 Å². The Morgan fingerprint density at radius 1 is 1.45 bits per heavy atom. The van der Waals surface area contributed by atoms with E-state index in [2.05, 4.69) is 15.0 Å². The van der Waals surface area contributed by atoms with Gasteiger partial charge in [0, 0.05) is 13.2 Å². The van der Waals surface area contributed by atoms with E-state index in [0.29, 0.717) is 18.0 Å². The first kappa shape index (κ1) is 12.4. The third kappa shape index (κ3) is 2.16. The predicted molar refractivity (Wildman–Crippen MR) is 74.3 cm³/mol. The molecule has 0 aliphatic heterocycles. The summed E-state index contributed by atoms with van der Waals surface area (Å²) < 4.78 is 6.84. The SMILES string of the molecule is CCOC(=O)c1ccc2nc(-c3cn(C)cn3)[nH]c2c1. The Labute approximate surface area is 115 Å². The molecule has 6 nitrogen and oxygen atoms in total. The van der Waals surface area contributed by atoms with Gasteiger partial charge in [-0.2, -0.15) is 0 Å². The van der Waals surface area contributed by atoms with Crippen molar-refractivity contribution in [3.05, 3.63) is 36.3 Å². The van der Waals surface area contributed by atoms with E-state index in [1.165, 1.54) is 0 Å². The molecule has 0 spiro atoms. The van der Waals surface area contributed by atoms with E-state index in [1.807, 2.05) is 17.8 Å². The van der Waals surface area contributed by atoms with Gasteiger partial charge in [-0.15, -0.1) is 0 Å². The highest BCUT2D eigenvalue weighted by Crippen LogP contribution is 2.20. The van der Waals surface area contributed by atoms with Crippen LogP contribution in [0.4, 0.5) is 0 Å². The van der Waals surface area contributed by atoms with Crippen molar-refractivity contribution in [2.75, 3.05) is 6.61 Å². The van der Waals surface area contributed by atoms with Gasteiger partial charge in [0.25, 0.3) is 0 Å². The number of hydrogen-bond donors (Lipinski definition) is 1. The van der Waals surface area contributed by atoms with Crippen LogP contribution in [-0.2, 0) is 11.8 Å². The lowest BCUT2D eigenvalue weighted by atomic mass is 10.2. The molecule has 2 heterocycles. The molecule has 0 aliphatic carbocycles. The van der Waals surface area contributed by atoms with E-state index >= 15 is 0 Å². The summed E-state index contributed by atoms with van der Waals surface area (Å²) in [5, 5.41) is 0. The van der Waals surface area contributed by atoms with Gasteiger partial charge in [-0.05, 0) is 25.1 Å². The maximum atomic E-state index is 11.7. The van der Waals surface area contributed by atoms with Gasteiger partial charge >= 0.3 is 5.97 Å². The number of hydrogen-bond acceptors (Lipinski definition) is 4. The zero-order valence-electron chi connectivity index (χ0n) is 11.3. The van der Waals surface area contributed by atoms with Crippen molar-refractivity contribution >= 4 is 17.0 Å². The number of imidazole rings is 2. The van der Waals surface area contributed by atoms with Gasteiger partial charge < -0.3 is 14.3 Å². The Balaban J connectivity index is 2.01. The summed E-state index contributed by atoms with van der Waals surface area (Å²) >= 11 is 0. The van der Waals surface area contributed by atoms with E-state index in [4.69, 9.17) is 4.74 Å². The maximum absolute atomic E-state index is 11.7. The molecule has 0 saturated heterocycles. The summed E-state index contributed by atoms with van der Waals surface area (Å²) in [6.07, 6.45) is 3.59. The molecule has 0 radical (unpaired) electrons. The number of H-pyrrole nitrogens is 1. The van der Waals surface area contributed by atoms with Gasteiger partial charge in [0.2, 0.25) is 0 Å². The molecule has 1 aromatic carbocycles. The van der Waals surface area contributed by atoms with Crippen LogP contribution >= 0.6 is 0 Å². The minimum Gasteiger partial charge on any atom is -0.462 e. The molecule has 0 fully saturated rings. The zero-order valence-corrected chi connectivity index (χ0v) is 11.3. The number of aromatic nitrogens is 4. The van der Waals surface area contributed by atoms with Crippen molar-refractivity contribution in [3.63, 3.8) is 0 Å². The predicted octanol–water partition coefficient (Wildman–Crippen LogP) is 2.14. The molecule has 0 bridgehead atoms. The summed E-state index contributed by atoms with van der Waals surface area (Å²) in [4.78, 5) is 23.6. The molecular weight excluding hydrogens is 256 g/mol. The van der Waals surface area contributed by atoms with Crippen molar-refractivity contribution in [1.82, 2.24) is 19.5 Å². The molecule has 3 rings (SSSR count). The molecule has 102 valence electrons. The molecule has 0 atom stereocenters. The Morgan fingerprint density at radius 3 is 3.00 bits per heavy atom. The number of benzene rings is 1. The van der Waals surface area contributed by atoms with Gasteiger partial charge in [-0.3, -0.25) is 0 Å². The minimum absolute atomic E-state index is 0.330. The Hall–Kier alpha value is -2.63. The zero-order chi connectivity index (χ0) is 14.1. The van der Waals surface area contributed by atoms with E-state index in [9.17, 15) is 4.79 Å². The number of aryl methyl sites for hydroxylation is 1. The van der Waals surface area contributed by atoms with E-state index in [-0.39, 0.29) is 5.97 Å². The fraction of sp³-hybridized carbons (Fsp3) is 0.214. The van der Waals surface area contributed by atoms with Crippen molar-refractivity contribution in [2.24, 2.45) is 7.05 Å².